The van der Waals surface area contributed by atoms with Crippen LogP contribution in [0, 0.1) is 0 Å². The number of hydrogen-bond donors (Lipinski definition) is 2. The lowest BCUT2D eigenvalue weighted by Crippen LogP contribution is -2.56. The van der Waals surface area contributed by atoms with Gasteiger partial charge in [0.1, 0.15) is 0 Å². The van der Waals surface area contributed by atoms with Gasteiger partial charge in [0.15, 0.2) is 0 Å². The molecule has 1 saturated carbocycles. The van der Waals surface area contributed by atoms with E-state index in [0.29, 0.717) is 0 Å². The topological polar surface area (TPSA) is 52.0 Å². The average molecular weight is 184 g/mol. The molecule has 0 saturated heterocycles. The predicted octanol–water partition coefficient (Wildman–Crippen LogP) is 2.17. The van der Waals surface area contributed by atoms with Gasteiger partial charge in [0.2, 0.25) is 0 Å². The van der Waals surface area contributed by atoms with Crippen LogP contribution in [-0.2, 0) is 0 Å². The van der Waals surface area contributed by atoms with Crippen molar-refractivity contribution in [3.63, 3.8) is 0 Å². The molecule has 1 aliphatic rings. The van der Waals surface area contributed by atoms with Gasteiger partial charge in [-0.3, -0.25) is 0 Å². The van der Waals surface area contributed by atoms with Crippen LogP contribution in [0.2, 0.25) is 0 Å². The summed E-state index contributed by atoms with van der Waals surface area (Å²) in [5.74, 6) is 0. The second kappa shape index (κ2) is 4.97. The van der Waals surface area contributed by atoms with Crippen molar-refractivity contribution in [3.8, 4) is 0 Å². The Morgan fingerprint density at radius 2 is 2.08 bits per heavy atom. The Morgan fingerprint density at radius 1 is 1.31 bits per heavy atom. The fraction of sp³-hybridized carbons (Fsp3) is 1.00. The molecule has 0 aliphatic heterocycles. The molecule has 2 heteroatoms. The van der Waals surface area contributed by atoms with Crippen LogP contribution < -0.4 is 11.5 Å². The lowest BCUT2D eigenvalue weighted by atomic mass is 9.75. The van der Waals surface area contributed by atoms with Crippen LogP contribution in [0.1, 0.15) is 58.3 Å². The Labute approximate surface area is 82.1 Å². The van der Waals surface area contributed by atoms with Crippen LogP contribution in [-0.4, -0.2) is 11.6 Å². The van der Waals surface area contributed by atoms with E-state index in [4.69, 9.17) is 11.5 Å². The van der Waals surface area contributed by atoms with Gasteiger partial charge in [0.05, 0.1) is 0 Å². The molecule has 0 bridgehead atoms. The van der Waals surface area contributed by atoms with Gasteiger partial charge in [-0.1, -0.05) is 39.0 Å². The molecule has 0 aromatic rings. The van der Waals surface area contributed by atoms with Gasteiger partial charge in [0, 0.05) is 11.6 Å². The van der Waals surface area contributed by atoms with Gasteiger partial charge in [0.25, 0.3) is 0 Å². The van der Waals surface area contributed by atoms with Crippen molar-refractivity contribution in [2.24, 2.45) is 11.5 Å². The molecule has 0 heterocycles. The largest absolute Gasteiger partial charge is 0.326 e. The first-order valence-corrected chi connectivity index (χ1v) is 5.73. The molecule has 0 aromatic heterocycles. The molecule has 0 amide bonds. The van der Waals surface area contributed by atoms with Crippen molar-refractivity contribution in [2.75, 3.05) is 0 Å². The zero-order chi connectivity index (χ0) is 9.73. The number of unbranched alkanes of at least 4 members (excludes halogenated alkanes) is 2. The zero-order valence-corrected chi connectivity index (χ0v) is 8.89. The maximum atomic E-state index is 6.32. The van der Waals surface area contributed by atoms with E-state index in [1.165, 1.54) is 32.1 Å². The minimum atomic E-state index is -0.0343. The van der Waals surface area contributed by atoms with Crippen LogP contribution in [0.5, 0.6) is 0 Å². The molecular weight excluding hydrogens is 160 g/mol. The second-order valence-electron chi connectivity index (χ2n) is 4.54. The number of hydrogen-bond acceptors (Lipinski definition) is 2. The van der Waals surface area contributed by atoms with Gasteiger partial charge in [-0.15, -0.1) is 0 Å². The maximum absolute atomic E-state index is 6.32. The Hall–Kier alpha value is -0.0800. The summed E-state index contributed by atoms with van der Waals surface area (Å²) >= 11 is 0. The standard InChI is InChI=1S/C11H24N2/c1-2-3-5-8-11(13)9-6-4-7-10(11)12/h10H,2-9,12-13H2,1H3. The van der Waals surface area contributed by atoms with E-state index in [1.54, 1.807) is 0 Å². The van der Waals surface area contributed by atoms with Gasteiger partial charge >= 0.3 is 0 Å². The average Bonchev–Trinajstić information content (AvgIpc) is 2.11. The fourth-order valence-electron chi connectivity index (χ4n) is 2.31. The third kappa shape index (κ3) is 2.96. The highest BCUT2D eigenvalue weighted by Gasteiger charge is 2.33. The van der Waals surface area contributed by atoms with Gasteiger partial charge in [-0.25, -0.2) is 0 Å². The van der Waals surface area contributed by atoms with Crippen LogP contribution in [0.25, 0.3) is 0 Å². The third-order valence-electron chi connectivity index (χ3n) is 3.39. The normalized spacial score (nSPS) is 34.8. The molecule has 2 unspecified atom stereocenters. The number of nitrogens with two attached hydrogens (primary N) is 2. The van der Waals surface area contributed by atoms with E-state index in [1.807, 2.05) is 0 Å². The van der Waals surface area contributed by atoms with E-state index >= 15 is 0 Å². The SMILES string of the molecule is CCCCCC1(N)CCCCC1N. The summed E-state index contributed by atoms with van der Waals surface area (Å²) in [7, 11) is 0. The molecule has 0 spiro atoms. The Balaban J connectivity index is 2.33. The van der Waals surface area contributed by atoms with Crippen LogP contribution in [0.15, 0.2) is 0 Å². The van der Waals surface area contributed by atoms with Crippen molar-refractivity contribution in [2.45, 2.75) is 69.9 Å². The van der Waals surface area contributed by atoms with Crippen molar-refractivity contribution < 1.29 is 0 Å². The summed E-state index contributed by atoms with van der Waals surface area (Å²) in [6.45, 7) is 2.23. The van der Waals surface area contributed by atoms with Crippen LogP contribution in [0.3, 0.4) is 0 Å². The molecule has 2 nitrogen and oxygen atoms in total. The molecule has 0 radical (unpaired) electrons. The van der Waals surface area contributed by atoms with Crippen molar-refractivity contribution >= 4 is 0 Å². The summed E-state index contributed by atoms with van der Waals surface area (Å²) in [5.41, 5.74) is 12.4. The van der Waals surface area contributed by atoms with E-state index in [0.717, 1.165) is 19.3 Å². The van der Waals surface area contributed by atoms with Crippen LogP contribution in [0.4, 0.5) is 0 Å². The minimum Gasteiger partial charge on any atom is -0.326 e. The molecule has 1 fully saturated rings. The predicted molar refractivity (Wildman–Crippen MR) is 57.5 cm³/mol. The lowest BCUT2D eigenvalue weighted by Gasteiger charge is -2.39. The lowest BCUT2D eigenvalue weighted by molar-refractivity contribution is 0.231. The molecule has 78 valence electrons. The fourth-order valence-corrected chi connectivity index (χ4v) is 2.31. The van der Waals surface area contributed by atoms with Crippen molar-refractivity contribution in [1.29, 1.82) is 0 Å². The molecule has 1 aliphatic carbocycles. The van der Waals surface area contributed by atoms with E-state index in [2.05, 4.69) is 6.92 Å². The zero-order valence-electron chi connectivity index (χ0n) is 8.89. The van der Waals surface area contributed by atoms with Gasteiger partial charge < -0.3 is 11.5 Å². The highest BCUT2D eigenvalue weighted by Crippen LogP contribution is 2.29. The highest BCUT2D eigenvalue weighted by molar-refractivity contribution is 4.96. The van der Waals surface area contributed by atoms with E-state index in [-0.39, 0.29) is 11.6 Å². The second-order valence-corrected chi connectivity index (χ2v) is 4.54. The third-order valence-corrected chi connectivity index (χ3v) is 3.39. The van der Waals surface area contributed by atoms with Crippen LogP contribution >= 0.6 is 0 Å². The molecule has 0 aromatic carbocycles. The van der Waals surface area contributed by atoms with Crippen molar-refractivity contribution in [1.82, 2.24) is 0 Å². The quantitative estimate of drug-likeness (QED) is 0.658. The first-order chi connectivity index (χ1) is 6.19. The first-order valence-electron chi connectivity index (χ1n) is 5.73. The van der Waals surface area contributed by atoms with Gasteiger partial charge in [-0.05, 0) is 19.3 Å². The van der Waals surface area contributed by atoms with Gasteiger partial charge in [-0.2, -0.15) is 0 Å². The molecule has 1 rings (SSSR count). The smallest absolute Gasteiger partial charge is 0.0307 e. The first kappa shape index (κ1) is 11.0. The van der Waals surface area contributed by atoms with E-state index in [9.17, 15) is 0 Å². The van der Waals surface area contributed by atoms with Crippen molar-refractivity contribution in [3.05, 3.63) is 0 Å². The summed E-state index contributed by atoms with van der Waals surface area (Å²) in [6.07, 6.45) is 9.75. The monoisotopic (exact) mass is 184 g/mol. The molecular formula is C11H24N2. The Bertz CT molecular complexity index is 147. The Kier molecular flexibility index (Phi) is 4.20. The maximum Gasteiger partial charge on any atom is 0.0307 e. The minimum absolute atomic E-state index is 0.0343. The Morgan fingerprint density at radius 3 is 2.69 bits per heavy atom. The highest BCUT2D eigenvalue weighted by atomic mass is 14.9. The molecule has 13 heavy (non-hydrogen) atoms. The molecule has 4 N–H and O–H groups in total. The summed E-state index contributed by atoms with van der Waals surface area (Å²) in [6, 6.07) is 0.248. The summed E-state index contributed by atoms with van der Waals surface area (Å²) in [5, 5.41) is 0. The number of rotatable bonds is 4. The molecule has 2 atom stereocenters. The summed E-state index contributed by atoms with van der Waals surface area (Å²) in [4.78, 5) is 0. The summed E-state index contributed by atoms with van der Waals surface area (Å²) < 4.78 is 0. The van der Waals surface area contributed by atoms with E-state index < -0.39 is 0 Å².